The average molecular weight is 2020 g/mol. The first-order chi connectivity index (χ1) is 68.5. The summed E-state index contributed by atoms with van der Waals surface area (Å²) in [5.41, 5.74) is 5.52. The van der Waals surface area contributed by atoms with E-state index in [1.54, 1.807) is 0 Å². The van der Waals surface area contributed by atoms with Crippen molar-refractivity contribution in [2.75, 3.05) is 180 Å². The van der Waals surface area contributed by atoms with Crippen molar-refractivity contribution in [1.29, 1.82) is 10.5 Å². The molecule has 6 aliphatic heterocycles. The summed E-state index contributed by atoms with van der Waals surface area (Å²) in [5, 5.41) is 19.4. The molecule has 13 rings (SSSR count). The van der Waals surface area contributed by atoms with Crippen molar-refractivity contribution in [3.63, 3.8) is 0 Å². The van der Waals surface area contributed by atoms with Gasteiger partial charge in [0.2, 0.25) is 17.7 Å². The van der Waals surface area contributed by atoms with E-state index in [-0.39, 0.29) is 38.4 Å². The molecule has 2 atom stereocenters. The number of carbonyl (C=O) groups is 3. The Morgan fingerprint density at radius 1 is 0.432 bits per heavy atom. The Morgan fingerprint density at radius 2 is 0.842 bits per heavy atom. The van der Waals surface area contributed by atoms with E-state index in [1.807, 2.05) is 64.9 Å². The highest BCUT2D eigenvalue weighted by atomic mass is 16.5. The number of carbonyl (C=O) groups excluding carboxylic acids is 3. The van der Waals surface area contributed by atoms with Crippen molar-refractivity contribution < 1.29 is 23.9 Å². The summed E-state index contributed by atoms with van der Waals surface area (Å²) in [7, 11) is 13.0. The van der Waals surface area contributed by atoms with Crippen LogP contribution in [0.3, 0.4) is 0 Å². The first-order valence-corrected chi connectivity index (χ1v) is 58.7. The number of pyridine rings is 1. The second-order valence-corrected chi connectivity index (χ2v) is 55.2. The number of ether oxygens (including phenoxy) is 2. The van der Waals surface area contributed by atoms with Gasteiger partial charge in [-0.15, -0.1) is 0 Å². The third-order valence-corrected chi connectivity index (χ3v) is 34.1. The fourth-order valence-electron chi connectivity index (χ4n) is 23.9. The van der Waals surface area contributed by atoms with Crippen LogP contribution in [0.15, 0.2) is 85.2 Å². The molecule has 3 amide bonds. The molecule has 0 N–H and O–H groups in total. The SMILES string of the molecule is CC(C)(C)C1CCN(CCCCOCCc2ccccc2)CC1.CC(C)(C)C1CCN(CCOCc2ccccc2)CC1.CC(C)(C)c1ccncc1.CCCCN(C)CC#CC(C)(C)C.CN(C)C1CCN(C(=O)C(C)(C)C)CC1.CN(CC1(C#N)CCCCC1)C1CCC(C(C)(C)C)CC1.CN(CC1(C#N)CCCCC1)C1CCN(C(=O)C2CCC(C(C)(C)C)CC2)CC1.CN1C[C@@H]2CN(C(=O)C(C)(C)C)C[C@@H]2C1. The summed E-state index contributed by atoms with van der Waals surface area (Å²) in [4.78, 5) is 64.4. The van der Waals surface area contributed by atoms with Crippen molar-refractivity contribution >= 4 is 17.7 Å². The molecule has 0 bridgehead atoms. The Labute approximate surface area is 898 Å². The number of hydrogen-bond donors (Lipinski definition) is 0. The highest BCUT2D eigenvalue weighted by Gasteiger charge is 2.45. The van der Waals surface area contributed by atoms with Crippen molar-refractivity contribution in [2.45, 2.75) is 402 Å². The minimum absolute atomic E-state index is 0.0477. The van der Waals surface area contributed by atoms with Crippen LogP contribution >= 0.6 is 0 Å². The number of amides is 3. The van der Waals surface area contributed by atoms with E-state index in [0.29, 0.717) is 57.5 Å². The first kappa shape index (κ1) is 129. The standard InChI is InChI=1S/C25H43N3O.C21H35NO.C19H34N2.C18H29NO.C12H22N2O.C12H24N2O.C12H23N.C9H13N/c1-24(2,3)21-10-8-20(9-11-21)23(29)28-16-12-22(13-17-28)27(4)19-25(18-26)14-6-5-7-15-25;1-21(2,3)20-11-15-22(16-12-20)14-7-8-17-23-18-13-19-9-5-4-6-10-19;1-18(2,3)16-8-10-17(11-9-16)21(4)15-19(14-20)12-6-5-7-13-19;1-18(2,3)17-9-11-19(12-10-17)13-14-20-15-16-7-5-4-6-8-16;1-12(2,3)11(15)14-7-9-5-13(4)6-10(9)8-14;1-12(2,3)11(15)14-8-6-10(7-9-14)13(4)5;1-6-7-10-13(5)11-8-9-12(2,3)4;1-9(2,3)8-4-6-10-7-5-8/h20-22H,5-17,19H2,1-4H3;4-6,9-10,20H,7-8,11-18H2,1-3H3;16-17H,5-13,15H2,1-4H3;4-8,17H,9-15H2,1-3H3;9-10H,5-8H2,1-4H3;10H,6-9H2,1-5H3;6-7,10-11H2,1-5H3;4-7H,1-3H3/t;;;;9-,10+;;;. The molecule has 0 radical (unpaired) electrons. The molecule has 0 spiro atoms. The molecule has 3 aromatic rings. The molecular weight excluding hydrogens is 1800 g/mol. The van der Waals surface area contributed by atoms with E-state index < -0.39 is 0 Å². The molecule has 10 aliphatic rings. The molecule has 2 aromatic carbocycles. The lowest BCUT2D eigenvalue weighted by Gasteiger charge is -2.42. The van der Waals surface area contributed by atoms with Crippen LogP contribution in [0.25, 0.3) is 0 Å². The smallest absolute Gasteiger partial charge is 0.227 e. The highest BCUT2D eigenvalue weighted by Crippen LogP contribution is 2.45. The zero-order valence-electron chi connectivity index (χ0n) is 100. The summed E-state index contributed by atoms with van der Waals surface area (Å²) in [6.45, 7) is 78.3. The Morgan fingerprint density at radius 3 is 1.25 bits per heavy atom. The number of likely N-dealkylation sites (tertiary alicyclic amines) is 6. The van der Waals surface area contributed by atoms with Gasteiger partial charge in [-0.25, -0.2) is 0 Å². The summed E-state index contributed by atoms with van der Waals surface area (Å²) in [5.74, 6) is 12.6. The molecule has 10 fully saturated rings. The van der Waals surface area contributed by atoms with Crippen molar-refractivity contribution in [1.82, 2.24) is 54.0 Å². The maximum atomic E-state index is 13.1. The van der Waals surface area contributed by atoms with Crippen LogP contribution in [0.4, 0.5) is 0 Å². The number of nitriles is 2. The Bertz CT molecular complexity index is 4170. The van der Waals surface area contributed by atoms with Crippen molar-refractivity contribution in [3.05, 3.63) is 102 Å². The third kappa shape index (κ3) is 48.2. The lowest BCUT2D eigenvalue weighted by Crippen LogP contribution is -2.49. The largest absolute Gasteiger partial charge is 0.381 e. The summed E-state index contributed by atoms with van der Waals surface area (Å²) in [6.07, 6.45) is 41.2. The number of nitrogens with zero attached hydrogens (tertiary/aromatic N) is 13. The number of rotatable bonds is 25. The number of unbranched alkanes of at least 4 members (excludes halogenated alkanes) is 2. The molecule has 18 nitrogen and oxygen atoms in total. The third-order valence-electron chi connectivity index (χ3n) is 34.1. The Hall–Kier alpha value is -5.82. The Kier molecular flexibility index (Phi) is 55.2. The predicted octanol–water partition coefficient (Wildman–Crippen LogP) is 26.8. The molecule has 830 valence electrons. The van der Waals surface area contributed by atoms with Gasteiger partial charge >= 0.3 is 0 Å². The fourth-order valence-corrected chi connectivity index (χ4v) is 23.9. The van der Waals surface area contributed by atoms with Crippen LogP contribution in [0, 0.1) is 125 Å². The van der Waals surface area contributed by atoms with E-state index in [4.69, 9.17) is 9.47 Å². The van der Waals surface area contributed by atoms with Gasteiger partial charge in [-0.05, 0) is 348 Å². The van der Waals surface area contributed by atoms with E-state index in [1.165, 1.54) is 191 Å². The van der Waals surface area contributed by atoms with E-state index in [2.05, 4.69) is 314 Å². The van der Waals surface area contributed by atoms with Crippen molar-refractivity contribution in [2.24, 2.45) is 90.2 Å². The number of piperidine rings is 4. The van der Waals surface area contributed by atoms with Gasteiger partial charge in [0.25, 0.3) is 0 Å². The van der Waals surface area contributed by atoms with Crippen LogP contribution in [0.2, 0.25) is 0 Å². The quantitative estimate of drug-likeness (QED) is 0.0581. The first-order valence-electron chi connectivity index (χ1n) is 58.7. The molecule has 18 heteroatoms. The maximum absolute atomic E-state index is 13.1. The van der Waals surface area contributed by atoms with Gasteiger partial charge in [-0.1, -0.05) is 270 Å². The highest BCUT2D eigenvalue weighted by molar-refractivity contribution is 5.82. The molecular formula is C128H223N13O5. The topological polar surface area (TPSA) is 163 Å². The minimum Gasteiger partial charge on any atom is -0.381 e. The second kappa shape index (κ2) is 62.5. The number of hydrogen-bond acceptors (Lipinski definition) is 15. The lowest BCUT2D eigenvalue weighted by molar-refractivity contribution is -0.141. The minimum atomic E-state index is -0.231. The van der Waals surface area contributed by atoms with Gasteiger partial charge in [0.05, 0.1) is 49.3 Å². The fraction of sp³-hybridized carbons (Fsp3) is 0.812. The maximum Gasteiger partial charge on any atom is 0.227 e. The van der Waals surface area contributed by atoms with Crippen LogP contribution in [-0.4, -0.2) is 270 Å². The average Bonchev–Trinajstić information content (AvgIpc) is 1.65. The second-order valence-electron chi connectivity index (χ2n) is 55.2. The number of aromatic nitrogens is 1. The van der Waals surface area contributed by atoms with Crippen LogP contribution in [0.1, 0.15) is 382 Å². The van der Waals surface area contributed by atoms with Gasteiger partial charge in [0.1, 0.15) is 0 Å². The molecule has 4 aliphatic carbocycles. The molecule has 7 heterocycles. The van der Waals surface area contributed by atoms with E-state index in [0.717, 1.165) is 205 Å². The van der Waals surface area contributed by atoms with Gasteiger partial charge in [0, 0.05) is 131 Å². The number of benzene rings is 2. The molecule has 1 aromatic heterocycles. The summed E-state index contributed by atoms with van der Waals surface area (Å²) >= 11 is 0. The zero-order chi connectivity index (χ0) is 108. The van der Waals surface area contributed by atoms with Crippen molar-refractivity contribution in [3.8, 4) is 24.0 Å². The van der Waals surface area contributed by atoms with E-state index >= 15 is 0 Å². The van der Waals surface area contributed by atoms with Crippen LogP contribution in [-0.2, 0) is 42.3 Å². The van der Waals surface area contributed by atoms with Crippen LogP contribution in [0.5, 0.6) is 0 Å². The van der Waals surface area contributed by atoms with Gasteiger partial charge in [0.15, 0.2) is 0 Å². The van der Waals surface area contributed by atoms with Crippen LogP contribution < -0.4 is 0 Å². The van der Waals surface area contributed by atoms with Gasteiger partial charge in [-0.3, -0.25) is 24.3 Å². The van der Waals surface area contributed by atoms with E-state index in [9.17, 15) is 24.9 Å². The molecule has 0 unspecified atom stereocenters. The predicted molar refractivity (Wildman–Crippen MR) is 617 cm³/mol. The Balaban J connectivity index is 0.000000260. The number of fused-ring (bicyclic) bond motifs is 1. The zero-order valence-corrected chi connectivity index (χ0v) is 100. The normalized spacial score (nSPS) is 22.5. The molecule has 4 saturated carbocycles. The molecule has 6 saturated heterocycles. The van der Waals surface area contributed by atoms with Gasteiger partial charge < -0.3 is 53.6 Å². The molecule has 146 heavy (non-hydrogen) atoms. The van der Waals surface area contributed by atoms with Gasteiger partial charge in [-0.2, -0.15) is 10.5 Å². The summed E-state index contributed by atoms with van der Waals surface area (Å²) < 4.78 is 11.5. The summed E-state index contributed by atoms with van der Waals surface area (Å²) in [6, 6.07) is 32.3. The lowest BCUT2D eigenvalue weighted by atomic mass is 9.69. The monoisotopic (exact) mass is 2020 g/mol.